The molecule has 2 heterocycles. The molecule has 5 aromatic carbocycles. The van der Waals surface area contributed by atoms with Crippen LogP contribution in [0.15, 0.2) is 89.3 Å². The lowest BCUT2D eigenvalue weighted by Crippen LogP contribution is -2.31. The molecular formula is C30H23N2O+. The van der Waals surface area contributed by atoms with Crippen LogP contribution in [0.5, 0.6) is 0 Å². The van der Waals surface area contributed by atoms with Crippen molar-refractivity contribution in [1.82, 2.24) is 4.57 Å². The van der Waals surface area contributed by atoms with Gasteiger partial charge in [0.05, 0.1) is 7.05 Å². The Morgan fingerprint density at radius 2 is 1.42 bits per heavy atom. The monoisotopic (exact) mass is 427 g/mol. The molecule has 0 fully saturated rings. The molecule has 3 nitrogen and oxygen atoms in total. The number of rotatable bonds is 1. The number of nitrogens with zero attached hydrogens (tertiary/aromatic N) is 2. The van der Waals surface area contributed by atoms with E-state index in [1.165, 1.54) is 60.4 Å². The molecule has 0 N–H and O–H groups in total. The van der Waals surface area contributed by atoms with E-state index in [-0.39, 0.29) is 0 Å². The van der Waals surface area contributed by atoms with E-state index < -0.39 is 0 Å². The van der Waals surface area contributed by atoms with Gasteiger partial charge in [-0.1, -0.05) is 48.5 Å². The average molecular weight is 428 g/mol. The van der Waals surface area contributed by atoms with Crippen molar-refractivity contribution >= 4 is 54.5 Å². The van der Waals surface area contributed by atoms with E-state index in [2.05, 4.69) is 115 Å². The van der Waals surface area contributed by atoms with Crippen LogP contribution in [-0.2, 0) is 7.05 Å². The van der Waals surface area contributed by atoms with Gasteiger partial charge >= 0.3 is 0 Å². The summed E-state index contributed by atoms with van der Waals surface area (Å²) in [6.07, 6.45) is 0. The molecule has 0 bridgehead atoms. The second-order valence-electron chi connectivity index (χ2n) is 9.00. The minimum Gasteiger partial charge on any atom is -0.456 e. The summed E-state index contributed by atoms with van der Waals surface area (Å²) < 4.78 is 11.1. The lowest BCUT2D eigenvalue weighted by molar-refractivity contribution is -0.651. The number of aryl methyl sites for hydroxylation is 2. The fraction of sp³-hybridized carbons (Fsp3) is 0.100. The summed E-state index contributed by atoms with van der Waals surface area (Å²) in [7, 11) is 2.17. The standard InChI is InChI=1S/C30H23N2O/c1-18-8-4-7-11-24(18)32-19(2)31(3)30-25(32)14-12-20-13-15-26-29(28(20)30)23-16-21-9-5-6-10-22(21)17-27(23)33-26/h4-17H,1-3H3/q+1. The summed E-state index contributed by atoms with van der Waals surface area (Å²) >= 11 is 0. The number of hydrogen-bond donors (Lipinski definition) is 0. The van der Waals surface area contributed by atoms with Crippen LogP contribution in [0, 0.1) is 13.8 Å². The number of furan rings is 1. The second-order valence-corrected chi connectivity index (χ2v) is 9.00. The zero-order chi connectivity index (χ0) is 22.3. The van der Waals surface area contributed by atoms with Gasteiger partial charge in [-0.25, -0.2) is 4.57 Å². The molecule has 0 aliphatic heterocycles. The minimum absolute atomic E-state index is 0.932. The lowest BCUT2D eigenvalue weighted by atomic mass is 10.0. The van der Waals surface area contributed by atoms with E-state index in [4.69, 9.17) is 4.42 Å². The number of imidazole rings is 1. The van der Waals surface area contributed by atoms with Crippen LogP contribution in [0.3, 0.4) is 0 Å². The first kappa shape index (κ1) is 18.5. The molecule has 0 spiro atoms. The number of para-hydroxylation sites is 1. The summed E-state index contributed by atoms with van der Waals surface area (Å²) in [5.74, 6) is 1.20. The summed E-state index contributed by atoms with van der Waals surface area (Å²) in [6, 6.07) is 30.3. The van der Waals surface area contributed by atoms with Crippen molar-refractivity contribution in [3.8, 4) is 5.69 Å². The van der Waals surface area contributed by atoms with E-state index in [1.807, 2.05) is 0 Å². The SMILES string of the molecule is Cc1ccccc1-n1c(C)[n+](C)c2c3c(ccc4oc5cc6ccccc6cc5c43)ccc21. The van der Waals surface area contributed by atoms with Gasteiger partial charge in [0.25, 0.3) is 5.82 Å². The van der Waals surface area contributed by atoms with Crippen molar-refractivity contribution in [2.75, 3.05) is 0 Å². The summed E-state index contributed by atoms with van der Waals surface area (Å²) in [4.78, 5) is 0. The fourth-order valence-electron chi connectivity index (χ4n) is 5.46. The van der Waals surface area contributed by atoms with Crippen LogP contribution in [0.4, 0.5) is 0 Å². The van der Waals surface area contributed by atoms with Gasteiger partial charge in [0.1, 0.15) is 16.9 Å². The maximum Gasteiger partial charge on any atom is 0.259 e. The first-order chi connectivity index (χ1) is 16.1. The van der Waals surface area contributed by atoms with Gasteiger partial charge in [0, 0.05) is 23.1 Å². The fourth-order valence-corrected chi connectivity index (χ4v) is 5.46. The Morgan fingerprint density at radius 1 is 0.697 bits per heavy atom. The lowest BCUT2D eigenvalue weighted by Gasteiger charge is -2.04. The predicted octanol–water partition coefficient (Wildman–Crippen LogP) is 7.28. The Morgan fingerprint density at radius 3 is 2.24 bits per heavy atom. The van der Waals surface area contributed by atoms with Gasteiger partial charge in [-0.15, -0.1) is 0 Å². The van der Waals surface area contributed by atoms with Crippen LogP contribution in [0.2, 0.25) is 0 Å². The molecule has 0 saturated carbocycles. The van der Waals surface area contributed by atoms with Crippen molar-refractivity contribution in [1.29, 1.82) is 0 Å². The van der Waals surface area contributed by atoms with E-state index in [0.29, 0.717) is 0 Å². The van der Waals surface area contributed by atoms with Crippen LogP contribution in [0.1, 0.15) is 11.4 Å². The molecule has 0 aliphatic carbocycles. The topological polar surface area (TPSA) is 21.9 Å². The molecule has 7 aromatic rings. The van der Waals surface area contributed by atoms with Crippen molar-refractivity contribution in [2.45, 2.75) is 13.8 Å². The smallest absolute Gasteiger partial charge is 0.259 e. The molecule has 0 amide bonds. The number of fused-ring (bicyclic) bond motifs is 8. The number of aromatic nitrogens is 2. The molecule has 0 atom stereocenters. The van der Waals surface area contributed by atoms with Crippen LogP contribution < -0.4 is 4.57 Å². The number of benzene rings is 5. The Bertz CT molecular complexity index is 1900. The van der Waals surface area contributed by atoms with E-state index >= 15 is 0 Å². The third-order valence-corrected chi connectivity index (χ3v) is 7.18. The molecular weight excluding hydrogens is 404 g/mol. The molecule has 7 rings (SSSR count). The second kappa shape index (κ2) is 6.46. The Kier molecular flexibility index (Phi) is 3.61. The predicted molar refractivity (Wildman–Crippen MR) is 136 cm³/mol. The largest absolute Gasteiger partial charge is 0.456 e. The molecule has 0 radical (unpaired) electrons. The molecule has 3 heteroatoms. The summed E-state index contributed by atoms with van der Waals surface area (Å²) in [5, 5.41) is 7.26. The van der Waals surface area contributed by atoms with Gasteiger partial charge in [-0.3, -0.25) is 0 Å². The molecule has 2 aromatic heterocycles. The molecule has 0 aliphatic rings. The van der Waals surface area contributed by atoms with Crippen LogP contribution in [0.25, 0.3) is 60.2 Å². The average Bonchev–Trinajstić information content (AvgIpc) is 3.32. The highest BCUT2D eigenvalue weighted by molar-refractivity contribution is 6.26. The van der Waals surface area contributed by atoms with Gasteiger partial charge in [-0.2, -0.15) is 4.57 Å². The summed E-state index contributed by atoms with van der Waals surface area (Å²) in [5.41, 5.74) is 6.79. The first-order valence-corrected chi connectivity index (χ1v) is 11.4. The summed E-state index contributed by atoms with van der Waals surface area (Å²) in [6.45, 7) is 4.37. The maximum absolute atomic E-state index is 6.38. The Balaban J connectivity index is 1.71. The van der Waals surface area contributed by atoms with E-state index in [9.17, 15) is 0 Å². The molecule has 33 heavy (non-hydrogen) atoms. The van der Waals surface area contributed by atoms with Crippen LogP contribution in [-0.4, -0.2) is 4.57 Å². The molecule has 0 saturated heterocycles. The Hall–Kier alpha value is -4.11. The third-order valence-electron chi connectivity index (χ3n) is 7.18. The third kappa shape index (κ3) is 2.42. The van der Waals surface area contributed by atoms with Gasteiger partial charge in [0.15, 0.2) is 11.0 Å². The van der Waals surface area contributed by atoms with Gasteiger partial charge in [-0.05, 0) is 65.0 Å². The first-order valence-electron chi connectivity index (χ1n) is 11.4. The highest BCUT2D eigenvalue weighted by atomic mass is 16.3. The quantitative estimate of drug-likeness (QED) is 0.252. The van der Waals surface area contributed by atoms with E-state index in [1.54, 1.807) is 0 Å². The van der Waals surface area contributed by atoms with E-state index in [0.717, 1.165) is 11.2 Å². The van der Waals surface area contributed by atoms with Gasteiger partial charge in [0.2, 0.25) is 0 Å². The van der Waals surface area contributed by atoms with Crippen molar-refractivity contribution in [2.24, 2.45) is 7.05 Å². The molecule has 158 valence electrons. The van der Waals surface area contributed by atoms with Crippen molar-refractivity contribution in [3.63, 3.8) is 0 Å². The van der Waals surface area contributed by atoms with Crippen molar-refractivity contribution < 1.29 is 8.98 Å². The normalized spacial score (nSPS) is 12.1. The van der Waals surface area contributed by atoms with Crippen molar-refractivity contribution in [3.05, 3.63) is 96.3 Å². The zero-order valence-corrected chi connectivity index (χ0v) is 18.9. The van der Waals surface area contributed by atoms with Crippen LogP contribution >= 0.6 is 0 Å². The highest BCUT2D eigenvalue weighted by Gasteiger charge is 2.26. The molecule has 0 unspecified atom stereocenters. The highest BCUT2D eigenvalue weighted by Crippen LogP contribution is 2.39. The van der Waals surface area contributed by atoms with Gasteiger partial charge < -0.3 is 4.42 Å². The number of hydrogen-bond acceptors (Lipinski definition) is 1. The Labute approximate surface area is 191 Å². The minimum atomic E-state index is 0.932. The zero-order valence-electron chi connectivity index (χ0n) is 18.9. The maximum atomic E-state index is 6.38.